The molecule has 0 saturated heterocycles. The highest BCUT2D eigenvalue weighted by molar-refractivity contribution is 5.83. The Kier molecular flexibility index (Phi) is 4.14. The number of nitrogens with two attached hydrogens (primary N) is 1. The number of hydrogen-bond donors (Lipinski definition) is 2. The predicted molar refractivity (Wildman–Crippen MR) is 64.1 cm³/mol. The fourth-order valence-corrected chi connectivity index (χ4v) is 1.93. The number of hydrogen-bond acceptors (Lipinski definition) is 4. The highest BCUT2D eigenvalue weighted by Crippen LogP contribution is 2.31. The zero-order valence-corrected chi connectivity index (χ0v) is 10.9. The Labute approximate surface area is 102 Å². The van der Waals surface area contributed by atoms with Crippen LogP contribution in [0.25, 0.3) is 0 Å². The van der Waals surface area contributed by atoms with Crippen LogP contribution >= 0.6 is 0 Å². The quantitative estimate of drug-likeness (QED) is 0.700. The first kappa shape index (κ1) is 14.0. The van der Waals surface area contributed by atoms with Gasteiger partial charge in [0.1, 0.15) is 5.54 Å². The number of amides is 1. The minimum Gasteiger partial charge on any atom is -0.468 e. The molecule has 3 N–H and O–H groups in total. The second-order valence-electron chi connectivity index (χ2n) is 5.29. The molecule has 0 aliphatic heterocycles. The number of esters is 1. The number of carbonyl (C=O) groups excluding carboxylic acids is 2. The van der Waals surface area contributed by atoms with Gasteiger partial charge in [-0.15, -0.1) is 0 Å². The second-order valence-corrected chi connectivity index (χ2v) is 5.29. The van der Waals surface area contributed by atoms with Crippen molar-refractivity contribution in [1.29, 1.82) is 0 Å². The van der Waals surface area contributed by atoms with Gasteiger partial charge in [-0.2, -0.15) is 0 Å². The van der Waals surface area contributed by atoms with Crippen molar-refractivity contribution in [3.05, 3.63) is 0 Å². The van der Waals surface area contributed by atoms with Crippen LogP contribution in [0.3, 0.4) is 0 Å². The maximum Gasteiger partial charge on any atom is 0.325 e. The van der Waals surface area contributed by atoms with Gasteiger partial charge >= 0.3 is 5.97 Å². The maximum absolute atomic E-state index is 11.8. The molecule has 0 aromatic carbocycles. The van der Waals surface area contributed by atoms with Gasteiger partial charge in [0.05, 0.1) is 7.11 Å². The monoisotopic (exact) mass is 242 g/mol. The van der Waals surface area contributed by atoms with E-state index in [2.05, 4.69) is 10.1 Å². The molecule has 5 nitrogen and oxygen atoms in total. The zero-order chi connectivity index (χ0) is 13.2. The summed E-state index contributed by atoms with van der Waals surface area (Å²) in [7, 11) is 1.32. The summed E-state index contributed by atoms with van der Waals surface area (Å²) in [4.78, 5) is 23.1. The lowest BCUT2D eigenvalue weighted by atomic mass is 9.73. The largest absolute Gasteiger partial charge is 0.468 e. The van der Waals surface area contributed by atoms with Crippen molar-refractivity contribution in [2.24, 2.45) is 17.6 Å². The van der Waals surface area contributed by atoms with Crippen molar-refractivity contribution >= 4 is 11.9 Å². The van der Waals surface area contributed by atoms with Crippen molar-refractivity contribution in [3.8, 4) is 0 Å². The Hall–Kier alpha value is -1.10. The number of carbonyl (C=O) groups is 2. The van der Waals surface area contributed by atoms with Crippen LogP contribution in [0.5, 0.6) is 0 Å². The fourth-order valence-electron chi connectivity index (χ4n) is 1.93. The molecule has 0 heterocycles. The molecule has 17 heavy (non-hydrogen) atoms. The summed E-state index contributed by atoms with van der Waals surface area (Å²) in [6.45, 7) is 5.91. The van der Waals surface area contributed by atoms with Crippen LogP contribution in [-0.4, -0.2) is 30.6 Å². The summed E-state index contributed by atoms with van der Waals surface area (Å²) in [5.41, 5.74) is 4.92. The van der Waals surface area contributed by atoms with Crippen molar-refractivity contribution in [2.45, 2.75) is 45.2 Å². The van der Waals surface area contributed by atoms with E-state index in [0.29, 0.717) is 18.8 Å². The van der Waals surface area contributed by atoms with Gasteiger partial charge in [-0.1, -0.05) is 20.8 Å². The van der Waals surface area contributed by atoms with Crippen LogP contribution in [0.1, 0.15) is 33.6 Å². The van der Waals surface area contributed by atoms with Crippen LogP contribution in [0, 0.1) is 11.8 Å². The Morgan fingerprint density at radius 3 is 2.29 bits per heavy atom. The number of nitrogens with one attached hydrogen (secondary N) is 1. The molecule has 5 heteroatoms. The topological polar surface area (TPSA) is 81.4 Å². The summed E-state index contributed by atoms with van der Waals surface area (Å²) in [6, 6.07) is -0.00667. The smallest absolute Gasteiger partial charge is 0.325 e. The minimum absolute atomic E-state index is 0.00667. The van der Waals surface area contributed by atoms with Crippen LogP contribution in [0.4, 0.5) is 0 Å². The first-order chi connectivity index (χ1) is 7.80. The molecule has 98 valence electrons. The van der Waals surface area contributed by atoms with Crippen LogP contribution in [0.2, 0.25) is 0 Å². The lowest BCUT2D eigenvalue weighted by molar-refractivity contribution is -0.152. The number of rotatable bonds is 4. The molecule has 0 aromatic heterocycles. The third-order valence-corrected chi connectivity index (χ3v) is 3.57. The summed E-state index contributed by atoms with van der Waals surface area (Å²) < 4.78 is 4.62. The Morgan fingerprint density at radius 1 is 1.35 bits per heavy atom. The summed E-state index contributed by atoms with van der Waals surface area (Å²) in [6.07, 6.45) is 0.909. The third kappa shape index (κ3) is 2.97. The predicted octanol–water partition coefficient (Wildman–Crippen LogP) is 0.428. The van der Waals surface area contributed by atoms with Gasteiger partial charge < -0.3 is 15.8 Å². The van der Waals surface area contributed by atoms with Gasteiger partial charge in [-0.05, 0) is 18.8 Å². The molecule has 1 amide bonds. The number of methoxy groups -OCH3 is 1. The molecule has 0 radical (unpaired) electrons. The normalized spacial score (nSPS) is 29.4. The standard InChI is InChI=1S/C12H22N2O3/c1-7(2)8(3)10(15)14-9-5-12(13,6-9)11(16)17-4/h7-9H,5-6,13H2,1-4H3,(H,14,15). The summed E-state index contributed by atoms with van der Waals surface area (Å²) in [5, 5.41) is 2.90. The molecule has 1 saturated carbocycles. The molecular weight excluding hydrogens is 220 g/mol. The first-order valence-electron chi connectivity index (χ1n) is 5.98. The van der Waals surface area contributed by atoms with Crippen molar-refractivity contribution < 1.29 is 14.3 Å². The van der Waals surface area contributed by atoms with E-state index < -0.39 is 11.5 Å². The van der Waals surface area contributed by atoms with Gasteiger partial charge in [-0.25, -0.2) is 0 Å². The maximum atomic E-state index is 11.8. The molecule has 0 spiro atoms. The van der Waals surface area contributed by atoms with E-state index in [1.165, 1.54) is 7.11 Å². The SMILES string of the molecule is COC(=O)C1(N)CC(NC(=O)C(C)C(C)C)C1. The lowest BCUT2D eigenvalue weighted by Crippen LogP contribution is -2.65. The average molecular weight is 242 g/mol. The van der Waals surface area contributed by atoms with Crippen molar-refractivity contribution in [2.75, 3.05) is 7.11 Å². The fraction of sp³-hybridized carbons (Fsp3) is 0.833. The Bertz CT molecular complexity index is 309. The molecular formula is C12H22N2O3. The minimum atomic E-state index is -0.909. The molecule has 1 atom stereocenters. The molecule has 1 fully saturated rings. The van der Waals surface area contributed by atoms with Gasteiger partial charge in [0.15, 0.2) is 0 Å². The molecule has 1 aliphatic carbocycles. The van der Waals surface area contributed by atoms with Gasteiger partial charge in [0, 0.05) is 12.0 Å². The lowest BCUT2D eigenvalue weighted by Gasteiger charge is -2.42. The highest BCUT2D eigenvalue weighted by Gasteiger charge is 2.48. The third-order valence-electron chi connectivity index (χ3n) is 3.57. The van der Waals surface area contributed by atoms with E-state index in [1.54, 1.807) is 0 Å². The van der Waals surface area contributed by atoms with E-state index in [0.717, 1.165) is 0 Å². The zero-order valence-electron chi connectivity index (χ0n) is 10.9. The summed E-state index contributed by atoms with van der Waals surface area (Å²) >= 11 is 0. The second kappa shape index (κ2) is 5.04. The summed E-state index contributed by atoms with van der Waals surface area (Å²) in [5.74, 6) is -0.101. The van der Waals surface area contributed by atoms with E-state index in [9.17, 15) is 9.59 Å². The highest BCUT2D eigenvalue weighted by atomic mass is 16.5. The van der Waals surface area contributed by atoms with Gasteiger partial charge in [-0.3, -0.25) is 9.59 Å². The van der Waals surface area contributed by atoms with Gasteiger partial charge in [0.2, 0.25) is 5.91 Å². The molecule has 1 rings (SSSR count). The molecule has 0 aromatic rings. The van der Waals surface area contributed by atoms with Crippen molar-refractivity contribution in [3.63, 3.8) is 0 Å². The van der Waals surface area contributed by atoms with E-state index in [4.69, 9.17) is 5.73 Å². The first-order valence-corrected chi connectivity index (χ1v) is 5.98. The Balaban J connectivity index is 2.39. The molecule has 1 aliphatic rings. The van der Waals surface area contributed by atoms with E-state index in [1.807, 2.05) is 20.8 Å². The molecule has 0 bridgehead atoms. The van der Waals surface area contributed by atoms with Crippen LogP contribution in [0.15, 0.2) is 0 Å². The molecule has 1 unspecified atom stereocenters. The van der Waals surface area contributed by atoms with Gasteiger partial charge in [0.25, 0.3) is 0 Å². The Morgan fingerprint density at radius 2 is 1.88 bits per heavy atom. The number of ether oxygens (including phenoxy) is 1. The van der Waals surface area contributed by atoms with E-state index >= 15 is 0 Å². The van der Waals surface area contributed by atoms with Crippen LogP contribution in [-0.2, 0) is 14.3 Å². The average Bonchev–Trinajstić information content (AvgIpc) is 2.23. The van der Waals surface area contributed by atoms with Crippen molar-refractivity contribution in [1.82, 2.24) is 5.32 Å². The van der Waals surface area contributed by atoms with Crippen LogP contribution < -0.4 is 11.1 Å². The van der Waals surface area contributed by atoms with E-state index in [-0.39, 0.29) is 17.9 Å².